The van der Waals surface area contributed by atoms with Crippen molar-refractivity contribution in [3.63, 3.8) is 0 Å². The summed E-state index contributed by atoms with van der Waals surface area (Å²) in [5.41, 5.74) is 0.782. The molecule has 0 bridgehead atoms. The fourth-order valence-electron chi connectivity index (χ4n) is 2.62. The van der Waals surface area contributed by atoms with Gasteiger partial charge in [0.05, 0.1) is 0 Å². The van der Waals surface area contributed by atoms with Crippen LogP contribution in [0.2, 0.25) is 0 Å². The molecule has 0 amide bonds. The molecule has 0 unspecified atom stereocenters. The van der Waals surface area contributed by atoms with E-state index in [1.54, 1.807) is 42.6 Å². The van der Waals surface area contributed by atoms with Gasteiger partial charge in [0.15, 0.2) is 0 Å². The molecule has 1 aromatic heterocycles. The van der Waals surface area contributed by atoms with Gasteiger partial charge in [0.2, 0.25) is 0 Å². The van der Waals surface area contributed by atoms with Crippen LogP contribution in [0.1, 0.15) is 10.4 Å². The van der Waals surface area contributed by atoms with Crippen molar-refractivity contribution in [1.29, 1.82) is 0 Å². The molecule has 0 spiro atoms. The summed E-state index contributed by atoms with van der Waals surface area (Å²) >= 11 is -2.01. The van der Waals surface area contributed by atoms with Gasteiger partial charge < -0.3 is 0 Å². The third-order valence-corrected chi connectivity index (χ3v) is 11.1. The Morgan fingerprint density at radius 1 is 1.12 bits per heavy atom. The number of ether oxygens (including phenoxy) is 1. The van der Waals surface area contributed by atoms with Crippen LogP contribution in [0.25, 0.3) is 10.9 Å². The summed E-state index contributed by atoms with van der Waals surface area (Å²) in [4.78, 5) is 12.2. The van der Waals surface area contributed by atoms with Crippen molar-refractivity contribution in [2.45, 2.75) is 4.90 Å². The summed E-state index contributed by atoms with van der Waals surface area (Å²) in [5.74, 6) is -0.504. The van der Waals surface area contributed by atoms with E-state index in [9.17, 15) is 13.2 Å². The van der Waals surface area contributed by atoms with Crippen LogP contribution in [-0.2, 0) is 38.1 Å². The standard InChI is InChI=1S/C16H12NO4S.ClH.Hg/c1-21-16(18)14-8-5-9-15-13(14)10-11-17(15)22(19,20)12-6-3-2-4-7-12;;/h2-9,11H,1H3;1H;/q;;+1/p-1. The maximum absolute atomic E-state index is 13.0. The van der Waals surface area contributed by atoms with Gasteiger partial charge in [-0.15, -0.1) is 0 Å². The number of aromatic nitrogens is 1. The Hall–Kier alpha value is -1.37. The number of hydrogen-bond donors (Lipinski definition) is 0. The summed E-state index contributed by atoms with van der Waals surface area (Å²) in [5, 5.41) is 0.584. The molecule has 0 aliphatic heterocycles. The van der Waals surface area contributed by atoms with Crippen molar-refractivity contribution in [3.8, 4) is 0 Å². The van der Waals surface area contributed by atoms with Crippen LogP contribution in [-0.4, -0.2) is 25.5 Å². The second kappa shape index (κ2) is 6.86. The summed E-state index contributed by atoms with van der Waals surface area (Å²) in [6.07, 6.45) is 1.55. The molecule has 2 aromatic carbocycles. The molecule has 8 heteroatoms. The van der Waals surface area contributed by atoms with Crippen molar-refractivity contribution >= 4 is 38.2 Å². The van der Waals surface area contributed by atoms with Gasteiger partial charge in [-0.05, 0) is 0 Å². The molecule has 24 heavy (non-hydrogen) atoms. The van der Waals surface area contributed by atoms with E-state index in [4.69, 9.17) is 13.0 Å². The number of rotatable bonds is 4. The minimum absolute atomic E-state index is 0.183. The Kier molecular flexibility index (Phi) is 4.99. The van der Waals surface area contributed by atoms with Crippen LogP contribution in [0, 0.1) is 0 Å². The summed E-state index contributed by atoms with van der Waals surface area (Å²) in [6, 6.07) is 13.1. The fourth-order valence-corrected chi connectivity index (χ4v) is 9.26. The van der Waals surface area contributed by atoms with Gasteiger partial charge >= 0.3 is 156 Å². The minimum atomic E-state index is -3.76. The first-order valence-electron chi connectivity index (χ1n) is 7.08. The molecule has 0 atom stereocenters. The Bertz CT molecular complexity index is 1020. The molecule has 3 rings (SSSR count). The summed E-state index contributed by atoms with van der Waals surface area (Å²) in [6.45, 7) is 0. The molecule has 0 saturated heterocycles. The number of carbonyl (C=O) groups excluding carboxylic acids is 1. The molecule has 5 nitrogen and oxygen atoms in total. The zero-order valence-corrected chi connectivity index (χ0v) is 19.8. The number of benzene rings is 2. The first kappa shape index (κ1) is 17.4. The second-order valence-corrected chi connectivity index (χ2v) is 13.3. The van der Waals surface area contributed by atoms with E-state index in [1.165, 1.54) is 23.2 Å². The van der Waals surface area contributed by atoms with E-state index in [2.05, 4.69) is 0 Å². The van der Waals surface area contributed by atoms with Gasteiger partial charge in [0.1, 0.15) is 0 Å². The number of halogens is 1. The topological polar surface area (TPSA) is 65.4 Å². The van der Waals surface area contributed by atoms with Gasteiger partial charge in [0, 0.05) is 0 Å². The van der Waals surface area contributed by atoms with Crippen LogP contribution in [0.3, 0.4) is 0 Å². The molecule has 120 valence electrons. The predicted molar refractivity (Wildman–Crippen MR) is 87.8 cm³/mol. The molecule has 0 aliphatic rings. The average molecular weight is 550 g/mol. The molecule has 0 N–H and O–H groups in total. The molecule has 1 heterocycles. The van der Waals surface area contributed by atoms with Gasteiger partial charge in [-0.25, -0.2) is 0 Å². The van der Waals surface area contributed by atoms with Gasteiger partial charge in [0.25, 0.3) is 0 Å². The Morgan fingerprint density at radius 3 is 2.46 bits per heavy atom. The number of nitrogens with zero attached hydrogens (tertiary/aromatic N) is 1. The van der Waals surface area contributed by atoms with Gasteiger partial charge in [-0.2, -0.15) is 0 Å². The monoisotopic (exact) mass is 551 g/mol. The fraction of sp³-hybridized carbons (Fsp3) is 0.0625. The normalized spacial score (nSPS) is 11.2. The third-order valence-electron chi connectivity index (χ3n) is 3.72. The zero-order valence-electron chi connectivity index (χ0n) is 12.8. The molecule has 0 aliphatic carbocycles. The molecule has 0 saturated carbocycles. The Labute approximate surface area is 155 Å². The van der Waals surface area contributed by atoms with Crippen LogP contribution in [0.15, 0.2) is 59.6 Å². The van der Waals surface area contributed by atoms with Crippen LogP contribution < -0.4 is 3.07 Å². The first-order chi connectivity index (χ1) is 11.5. The van der Waals surface area contributed by atoms with Crippen LogP contribution in [0.5, 0.6) is 0 Å². The van der Waals surface area contributed by atoms with E-state index < -0.39 is 39.3 Å². The summed E-state index contributed by atoms with van der Waals surface area (Å²) < 4.78 is 32.7. The number of hydrogen-bond acceptors (Lipinski definition) is 4. The number of esters is 1. The second-order valence-electron chi connectivity index (χ2n) is 5.09. The maximum atomic E-state index is 13.0. The van der Waals surface area contributed by atoms with Crippen molar-refractivity contribution < 1.29 is 41.3 Å². The Morgan fingerprint density at radius 2 is 1.83 bits per heavy atom. The quantitative estimate of drug-likeness (QED) is 0.370. The van der Waals surface area contributed by atoms with Crippen molar-refractivity contribution in [3.05, 3.63) is 60.3 Å². The van der Waals surface area contributed by atoms with E-state index >= 15 is 0 Å². The Balaban J connectivity index is 2.34. The van der Waals surface area contributed by atoms with E-state index in [0.29, 0.717) is 16.5 Å². The average Bonchev–Trinajstić information content (AvgIpc) is 3.01. The van der Waals surface area contributed by atoms with Crippen molar-refractivity contribution in [2.75, 3.05) is 7.11 Å². The van der Waals surface area contributed by atoms with Crippen LogP contribution in [0.4, 0.5) is 0 Å². The van der Waals surface area contributed by atoms with Gasteiger partial charge in [-0.1, -0.05) is 0 Å². The molecular formula is C16H12ClHgNO4S. The summed E-state index contributed by atoms with van der Waals surface area (Å²) in [7, 11) is 3.73. The number of carbonyl (C=O) groups is 1. The van der Waals surface area contributed by atoms with E-state index in [1.807, 2.05) is 0 Å². The molecule has 0 fully saturated rings. The molecular weight excluding hydrogens is 538 g/mol. The number of methoxy groups -OCH3 is 1. The SMILES string of the molecule is COC(=O)c1cccc2c1[c]([Hg][Cl])cn2S(=O)(=O)c1ccccc1. The van der Waals surface area contributed by atoms with E-state index in [-0.39, 0.29) is 4.90 Å². The van der Waals surface area contributed by atoms with Crippen LogP contribution >= 0.6 is 8.25 Å². The van der Waals surface area contributed by atoms with Crippen molar-refractivity contribution in [1.82, 2.24) is 3.97 Å². The van der Waals surface area contributed by atoms with Crippen molar-refractivity contribution in [2.24, 2.45) is 0 Å². The third kappa shape index (κ3) is 2.87. The molecule has 3 aromatic rings. The number of fused-ring (bicyclic) bond motifs is 1. The van der Waals surface area contributed by atoms with Gasteiger partial charge in [-0.3, -0.25) is 0 Å². The first-order valence-corrected chi connectivity index (χ1v) is 18.0. The predicted octanol–water partition coefficient (Wildman–Crippen LogP) is 2.53. The zero-order chi connectivity index (χ0) is 17.3. The molecule has 0 radical (unpaired) electrons. The van der Waals surface area contributed by atoms with E-state index in [0.717, 1.165) is 3.07 Å².